The molecule has 2 heterocycles. The molecule has 5 heteroatoms. The molecule has 0 fully saturated rings. The third-order valence-corrected chi connectivity index (χ3v) is 4.52. The summed E-state index contributed by atoms with van der Waals surface area (Å²) in [6.07, 6.45) is 4.58. The van der Waals surface area contributed by atoms with E-state index >= 15 is 0 Å². The molecule has 140 valence electrons. The molecule has 0 atom stereocenters. The fourth-order valence-corrected chi connectivity index (χ4v) is 2.83. The van der Waals surface area contributed by atoms with Gasteiger partial charge in [-0.25, -0.2) is 4.98 Å². The molecule has 27 heavy (non-hydrogen) atoms. The van der Waals surface area contributed by atoms with Crippen LogP contribution in [0.25, 0.3) is 0 Å². The van der Waals surface area contributed by atoms with Crippen LogP contribution < -0.4 is 10.2 Å². The second-order valence-corrected chi connectivity index (χ2v) is 7.12. The minimum Gasteiger partial charge on any atom is -0.343 e. The van der Waals surface area contributed by atoms with E-state index in [0.29, 0.717) is 5.92 Å². The van der Waals surface area contributed by atoms with Crippen molar-refractivity contribution < 1.29 is 0 Å². The average Bonchev–Trinajstić information content (AvgIpc) is 2.67. The molecule has 0 saturated heterocycles. The second kappa shape index (κ2) is 8.62. The summed E-state index contributed by atoms with van der Waals surface area (Å²) in [7, 11) is 2.02. The van der Waals surface area contributed by atoms with Gasteiger partial charge in [-0.15, -0.1) is 0 Å². The van der Waals surface area contributed by atoms with Crippen LogP contribution in [0, 0.1) is 6.92 Å². The first-order chi connectivity index (χ1) is 13.0. The molecular formula is C22H27N5. The topological polar surface area (TPSA) is 53.9 Å². The van der Waals surface area contributed by atoms with Gasteiger partial charge < -0.3 is 10.2 Å². The zero-order valence-corrected chi connectivity index (χ0v) is 16.5. The van der Waals surface area contributed by atoms with E-state index in [1.165, 1.54) is 11.1 Å². The molecule has 0 radical (unpaired) electrons. The first kappa shape index (κ1) is 18.8. The highest BCUT2D eigenvalue weighted by Crippen LogP contribution is 2.21. The molecule has 3 rings (SSSR count). The maximum absolute atomic E-state index is 4.69. The van der Waals surface area contributed by atoms with Crippen molar-refractivity contribution in [3.05, 3.63) is 71.7 Å². The van der Waals surface area contributed by atoms with Crippen molar-refractivity contribution in [2.45, 2.75) is 33.1 Å². The molecule has 0 bridgehead atoms. The first-order valence-corrected chi connectivity index (χ1v) is 9.34. The van der Waals surface area contributed by atoms with Crippen LogP contribution in [-0.4, -0.2) is 28.5 Å². The van der Waals surface area contributed by atoms with Crippen LogP contribution in [0.15, 0.2) is 54.9 Å². The van der Waals surface area contributed by atoms with Gasteiger partial charge in [-0.2, -0.15) is 4.98 Å². The number of nitrogens with one attached hydrogen (secondary N) is 1. The Hall–Kier alpha value is -2.95. The largest absolute Gasteiger partial charge is 0.343 e. The van der Waals surface area contributed by atoms with Gasteiger partial charge in [-0.3, -0.25) is 4.98 Å². The number of benzene rings is 1. The lowest BCUT2D eigenvalue weighted by Gasteiger charge is -2.18. The predicted octanol–water partition coefficient (Wildman–Crippen LogP) is 4.73. The molecule has 0 amide bonds. The average molecular weight is 361 g/mol. The quantitative estimate of drug-likeness (QED) is 0.659. The van der Waals surface area contributed by atoms with Crippen LogP contribution in [0.1, 0.15) is 36.6 Å². The Labute approximate surface area is 161 Å². The monoisotopic (exact) mass is 361 g/mol. The van der Waals surface area contributed by atoms with E-state index < -0.39 is 0 Å². The second-order valence-electron chi connectivity index (χ2n) is 7.12. The van der Waals surface area contributed by atoms with Crippen molar-refractivity contribution in [2.75, 3.05) is 23.8 Å². The van der Waals surface area contributed by atoms with E-state index in [0.717, 1.165) is 36.1 Å². The molecule has 0 aliphatic heterocycles. The van der Waals surface area contributed by atoms with E-state index in [4.69, 9.17) is 0 Å². The summed E-state index contributed by atoms with van der Waals surface area (Å²) < 4.78 is 0. The Morgan fingerprint density at radius 2 is 1.70 bits per heavy atom. The van der Waals surface area contributed by atoms with Crippen LogP contribution in [-0.2, 0) is 6.42 Å². The number of anilines is 3. The highest BCUT2D eigenvalue weighted by atomic mass is 15.2. The fraction of sp³-hybridized carbons (Fsp3) is 0.318. The van der Waals surface area contributed by atoms with Crippen molar-refractivity contribution in [1.29, 1.82) is 0 Å². The fourth-order valence-electron chi connectivity index (χ4n) is 2.83. The van der Waals surface area contributed by atoms with E-state index in [9.17, 15) is 0 Å². The smallest absolute Gasteiger partial charge is 0.227 e. The summed E-state index contributed by atoms with van der Waals surface area (Å²) in [6, 6.07) is 14.6. The van der Waals surface area contributed by atoms with E-state index in [1.54, 1.807) is 0 Å². The molecule has 0 saturated carbocycles. The van der Waals surface area contributed by atoms with Gasteiger partial charge in [0.25, 0.3) is 0 Å². The van der Waals surface area contributed by atoms with Gasteiger partial charge >= 0.3 is 0 Å². The molecular weight excluding hydrogens is 334 g/mol. The van der Waals surface area contributed by atoms with Crippen LogP contribution in [0.5, 0.6) is 0 Å². The van der Waals surface area contributed by atoms with Crippen LogP contribution in [0.3, 0.4) is 0 Å². The zero-order valence-electron chi connectivity index (χ0n) is 16.5. The molecule has 5 nitrogen and oxygen atoms in total. The molecule has 0 spiro atoms. The Bertz CT molecular complexity index is 860. The lowest BCUT2D eigenvalue weighted by Crippen LogP contribution is -2.23. The third-order valence-electron chi connectivity index (χ3n) is 4.52. The summed E-state index contributed by atoms with van der Waals surface area (Å²) in [5, 5.41) is 3.39. The van der Waals surface area contributed by atoms with Crippen molar-refractivity contribution in [3.8, 4) is 0 Å². The van der Waals surface area contributed by atoms with Gasteiger partial charge in [0.2, 0.25) is 5.95 Å². The minimum absolute atomic E-state index is 0.529. The lowest BCUT2D eigenvalue weighted by molar-refractivity contribution is 0.833. The lowest BCUT2D eigenvalue weighted by atomic mass is 10.0. The third kappa shape index (κ3) is 5.26. The molecule has 0 aliphatic carbocycles. The highest BCUT2D eigenvalue weighted by Gasteiger charge is 2.08. The maximum Gasteiger partial charge on any atom is 0.227 e. The number of likely N-dealkylation sites (N-methyl/N-ethyl adjacent to an activating group) is 1. The Morgan fingerprint density at radius 1 is 1.00 bits per heavy atom. The van der Waals surface area contributed by atoms with Crippen LogP contribution >= 0.6 is 0 Å². The number of aromatic nitrogens is 3. The summed E-state index contributed by atoms with van der Waals surface area (Å²) in [6.45, 7) is 7.24. The number of nitrogens with zero attached hydrogens (tertiary/aromatic N) is 4. The summed E-state index contributed by atoms with van der Waals surface area (Å²) in [4.78, 5) is 15.4. The van der Waals surface area contributed by atoms with Gasteiger partial charge in [0.05, 0.1) is 0 Å². The number of hydrogen-bond acceptors (Lipinski definition) is 5. The molecule has 1 N–H and O–H groups in total. The highest BCUT2D eigenvalue weighted by molar-refractivity contribution is 5.58. The Balaban J connectivity index is 1.69. The van der Waals surface area contributed by atoms with Gasteiger partial charge in [-0.05, 0) is 54.7 Å². The van der Waals surface area contributed by atoms with Crippen molar-refractivity contribution >= 4 is 17.5 Å². The van der Waals surface area contributed by atoms with Crippen LogP contribution in [0.4, 0.5) is 17.5 Å². The number of hydrogen-bond donors (Lipinski definition) is 1. The van der Waals surface area contributed by atoms with Crippen molar-refractivity contribution in [1.82, 2.24) is 15.0 Å². The SMILES string of the molecule is Cc1cc(Nc2ccc(C(C)C)cc2)nc(N(C)CCc2ccncc2)n1. The van der Waals surface area contributed by atoms with E-state index in [1.807, 2.05) is 44.6 Å². The van der Waals surface area contributed by atoms with Gasteiger partial charge in [0.1, 0.15) is 5.82 Å². The summed E-state index contributed by atoms with van der Waals surface area (Å²) >= 11 is 0. The normalized spacial score (nSPS) is 10.9. The zero-order chi connectivity index (χ0) is 19.2. The van der Waals surface area contributed by atoms with Crippen LogP contribution in [0.2, 0.25) is 0 Å². The Morgan fingerprint density at radius 3 is 2.37 bits per heavy atom. The van der Waals surface area contributed by atoms with Crippen molar-refractivity contribution in [3.63, 3.8) is 0 Å². The summed E-state index contributed by atoms with van der Waals surface area (Å²) in [5.41, 5.74) is 4.56. The maximum atomic E-state index is 4.69. The molecule has 3 aromatic rings. The van der Waals surface area contributed by atoms with E-state index in [2.05, 4.69) is 63.3 Å². The predicted molar refractivity (Wildman–Crippen MR) is 112 cm³/mol. The number of pyridine rings is 1. The number of aryl methyl sites for hydroxylation is 1. The van der Waals surface area contributed by atoms with Crippen molar-refractivity contribution in [2.24, 2.45) is 0 Å². The van der Waals surface area contributed by atoms with E-state index in [-0.39, 0.29) is 0 Å². The van der Waals surface area contributed by atoms with Gasteiger partial charge in [-0.1, -0.05) is 26.0 Å². The summed E-state index contributed by atoms with van der Waals surface area (Å²) in [5.74, 6) is 2.07. The van der Waals surface area contributed by atoms with Gasteiger partial charge in [0.15, 0.2) is 0 Å². The Kier molecular flexibility index (Phi) is 6.01. The first-order valence-electron chi connectivity index (χ1n) is 9.34. The minimum atomic E-state index is 0.529. The molecule has 0 unspecified atom stereocenters. The molecule has 1 aromatic carbocycles. The number of rotatable bonds is 7. The standard InChI is InChI=1S/C22H27N5/c1-16(2)19-5-7-20(8-6-19)25-21-15-17(3)24-22(26-21)27(4)14-11-18-9-12-23-13-10-18/h5-10,12-13,15-16H,11,14H2,1-4H3,(H,24,25,26). The molecule has 2 aromatic heterocycles. The van der Waals surface area contributed by atoms with Gasteiger partial charge in [0, 0.05) is 43.4 Å². The molecule has 0 aliphatic rings.